The van der Waals surface area contributed by atoms with Gasteiger partial charge in [-0.3, -0.25) is 0 Å². The van der Waals surface area contributed by atoms with Gasteiger partial charge in [-0.1, -0.05) is 22.4 Å². The summed E-state index contributed by atoms with van der Waals surface area (Å²) in [4.78, 5) is 0. The molecule has 0 unspecified atom stereocenters. The summed E-state index contributed by atoms with van der Waals surface area (Å²) in [5.41, 5.74) is 1.11. The van der Waals surface area contributed by atoms with Gasteiger partial charge in [-0.2, -0.15) is 0 Å². The van der Waals surface area contributed by atoms with Gasteiger partial charge in [0.1, 0.15) is 5.75 Å². The first-order valence-electron chi connectivity index (χ1n) is 5.21. The van der Waals surface area contributed by atoms with Crippen LogP contribution in [0.5, 0.6) is 5.75 Å². The molecule has 6 heteroatoms. The largest absolute Gasteiger partial charge is 0.506 e. The Morgan fingerprint density at radius 3 is 2.47 bits per heavy atom. The molecule has 2 nitrogen and oxygen atoms in total. The fourth-order valence-corrected chi connectivity index (χ4v) is 4.69. The first-order chi connectivity index (χ1) is 7.61. The second kappa shape index (κ2) is 6.75. The molecule has 1 saturated heterocycles. The van der Waals surface area contributed by atoms with Crippen molar-refractivity contribution in [1.82, 2.24) is 5.32 Å². The zero-order valence-electron chi connectivity index (χ0n) is 8.97. The molecule has 1 aromatic rings. The molecule has 2 N–H and O–H groups in total. The van der Waals surface area contributed by atoms with Crippen LogP contribution in [0.15, 0.2) is 19.5 Å². The van der Waals surface area contributed by atoms with Crippen molar-refractivity contribution >= 4 is 60.2 Å². The Morgan fingerprint density at radius 2 is 1.88 bits per heavy atom. The number of rotatable bonds is 1. The first-order valence-corrected chi connectivity index (χ1v) is 7.59. The smallest absolute Gasteiger partial charge is 0.144 e. The van der Waals surface area contributed by atoms with Crippen LogP contribution in [-0.2, 0) is 0 Å². The zero-order valence-corrected chi connectivity index (χ0v) is 14.5. The fraction of sp³-hybridized carbons (Fsp3) is 0.455. The molecule has 1 heterocycles. The van der Waals surface area contributed by atoms with E-state index in [1.807, 2.05) is 6.07 Å². The standard InChI is InChI=1S/C11H12Br3NO.ClH/c12-6-5-7(13)11(16)10(14)9(6)8-3-1-2-4-15-8;/h5,8,15-16H,1-4H2;1H/t8-;/m0./s1. The molecular formula is C11H13Br3ClNO. The van der Waals surface area contributed by atoms with Gasteiger partial charge in [-0.25, -0.2) is 0 Å². The van der Waals surface area contributed by atoms with Gasteiger partial charge in [0.2, 0.25) is 0 Å². The van der Waals surface area contributed by atoms with Crippen LogP contribution in [0.3, 0.4) is 0 Å². The first kappa shape index (κ1) is 15.8. The molecule has 1 fully saturated rings. The highest BCUT2D eigenvalue weighted by Crippen LogP contribution is 2.43. The van der Waals surface area contributed by atoms with Crippen LogP contribution >= 0.6 is 60.2 Å². The van der Waals surface area contributed by atoms with E-state index in [1.54, 1.807) is 0 Å². The van der Waals surface area contributed by atoms with Crippen molar-refractivity contribution in [2.24, 2.45) is 0 Å². The maximum atomic E-state index is 9.90. The van der Waals surface area contributed by atoms with Crippen LogP contribution in [0.2, 0.25) is 0 Å². The summed E-state index contributed by atoms with van der Waals surface area (Å²) < 4.78 is 2.49. The number of hydrogen-bond donors (Lipinski definition) is 2. The van der Waals surface area contributed by atoms with Crippen LogP contribution in [0, 0.1) is 0 Å². The molecule has 17 heavy (non-hydrogen) atoms. The lowest BCUT2D eigenvalue weighted by Crippen LogP contribution is -2.27. The van der Waals surface area contributed by atoms with Gasteiger partial charge in [0, 0.05) is 16.1 Å². The second-order valence-electron chi connectivity index (χ2n) is 3.92. The Bertz CT molecular complexity index is 408. The van der Waals surface area contributed by atoms with Gasteiger partial charge in [0.25, 0.3) is 0 Å². The van der Waals surface area contributed by atoms with E-state index in [0.29, 0.717) is 10.5 Å². The van der Waals surface area contributed by atoms with E-state index in [2.05, 4.69) is 53.1 Å². The number of piperidine rings is 1. The summed E-state index contributed by atoms with van der Waals surface area (Å²) in [5.74, 6) is 0.269. The lowest BCUT2D eigenvalue weighted by atomic mass is 9.97. The monoisotopic (exact) mass is 447 g/mol. The van der Waals surface area contributed by atoms with Gasteiger partial charge in [0.05, 0.1) is 8.95 Å². The molecule has 0 bridgehead atoms. The predicted molar refractivity (Wildman–Crippen MR) is 83.0 cm³/mol. The van der Waals surface area contributed by atoms with E-state index in [0.717, 1.165) is 27.5 Å². The molecule has 1 aliphatic rings. The molecule has 0 radical (unpaired) electrons. The number of benzene rings is 1. The van der Waals surface area contributed by atoms with E-state index in [1.165, 1.54) is 12.8 Å². The van der Waals surface area contributed by atoms with E-state index < -0.39 is 0 Å². The van der Waals surface area contributed by atoms with Crippen molar-refractivity contribution in [3.8, 4) is 5.75 Å². The van der Waals surface area contributed by atoms with Gasteiger partial charge < -0.3 is 10.4 Å². The summed E-state index contributed by atoms with van der Waals surface area (Å²) in [6.07, 6.45) is 3.57. The number of phenolic OH excluding ortho intramolecular Hbond substituents is 1. The Balaban J connectivity index is 0.00000144. The average Bonchev–Trinajstić information content (AvgIpc) is 2.28. The zero-order chi connectivity index (χ0) is 11.7. The van der Waals surface area contributed by atoms with Crippen molar-refractivity contribution in [1.29, 1.82) is 0 Å². The summed E-state index contributed by atoms with van der Waals surface area (Å²) >= 11 is 10.3. The van der Waals surface area contributed by atoms with E-state index in [-0.39, 0.29) is 18.2 Å². The molecule has 0 spiro atoms. The lowest BCUT2D eigenvalue weighted by molar-refractivity contribution is 0.406. The molecule has 0 aromatic heterocycles. The number of halogens is 4. The third-order valence-corrected chi connectivity index (χ3v) is 4.90. The summed E-state index contributed by atoms with van der Waals surface area (Å²) in [7, 11) is 0. The predicted octanol–water partition coefficient (Wildman–Crippen LogP) is 4.92. The van der Waals surface area contributed by atoms with Crippen molar-refractivity contribution in [3.63, 3.8) is 0 Å². The second-order valence-corrected chi connectivity index (χ2v) is 6.42. The minimum atomic E-state index is 0. The quantitative estimate of drug-likeness (QED) is 0.637. The summed E-state index contributed by atoms with van der Waals surface area (Å²) in [5, 5.41) is 13.4. The van der Waals surface area contributed by atoms with Crippen molar-refractivity contribution < 1.29 is 5.11 Å². The molecule has 2 rings (SSSR count). The Kier molecular flexibility index (Phi) is 6.26. The lowest BCUT2D eigenvalue weighted by Gasteiger charge is -2.26. The van der Waals surface area contributed by atoms with Gasteiger partial charge in [-0.15, -0.1) is 12.4 Å². The van der Waals surface area contributed by atoms with Crippen LogP contribution in [0.25, 0.3) is 0 Å². The highest BCUT2D eigenvalue weighted by Gasteiger charge is 2.22. The number of aromatic hydroxyl groups is 1. The van der Waals surface area contributed by atoms with Crippen molar-refractivity contribution in [2.75, 3.05) is 6.54 Å². The van der Waals surface area contributed by atoms with Crippen LogP contribution in [-0.4, -0.2) is 11.7 Å². The van der Waals surface area contributed by atoms with E-state index in [9.17, 15) is 5.11 Å². The number of phenols is 1. The van der Waals surface area contributed by atoms with Crippen molar-refractivity contribution in [2.45, 2.75) is 25.3 Å². The van der Waals surface area contributed by atoms with Gasteiger partial charge >= 0.3 is 0 Å². The molecule has 0 aliphatic carbocycles. The molecule has 0 saturated carbocycles. The average molecular weight is 450 g/mol. The molecule has 1 aromatic carbocycles. The maximum absolute atomic E-state index is 9.90. The highest BCUT2D eigenvalue weighted by molar-refractivity contribution is 9.11. The van der Waals surface area contributed by atoms with Crippen LogP contribution in [0.1, 0.15) is 30.9 Å². The summed E-state index contributed by atoms with van der Waals surface area (Å²) in [6.45, 7) is 1.04. The Morgan fingerprint density at radius 1 is 1.18 bits per heavy atom. The normalized spacial score (nSPS) is 19.8. The van der Waals surface area contributed by atoms with Crippen LogP contribution < -0.4 is 5.32 Å². The third-order valence-electron chi connectivity index (χ3n) is 2.84. The highest BCUT2D eigenvalue weighted by atomic mass is 79.9. The minimum Gasteiger partial charge on any atom is -0.506 e. The van der Waals surface area contributed by atoms with E-state index >= 15 is 0 Å². The maximum Gasteiger partial charge on any atom is 0.144 e. The van der Waals surface area contributed by atoms with Gasteiger partial charge in [0.15, 0.2) is 0 Å². The SMILES string of the molecule is Cl.Oc1c(Br)cc(Br)c([C@@H]2CCCCN2)c1Br. The minimum absolute atomic E-state index is 0. The van der Waals surface area contributed by atoms with Gasteiger partial charge in [-0.05, 0) is 57.3 Å². The Hall–Kier alpha value is 0.710. The molecule has 1 atom stereocenters. The third kappa shape index (κ3) is 3.38. The molecular weight excluding hydrogens is 437 g/mol. The summed E-state index contributed by atoms with van der Waals surface area (Å²) in [6, 6.07) is 2.21. The Labute approximate surface area is 132 Å². The number of nitrogens with one attached hydrogen (secondary N) is 1. The fourth-order valence-electron chi connectivity index (χ4n) is 2.01. The molecule has 0 amide bonds. The molecule has 96 valence electrons. The van der Waals surface area contributed by atoms with E-state index in [4.69, 9.17) is 0 Å². The topological polar surface area (TPSA) is 32.3 Å². The van der Waals surface area contributed by atoms with Crippen LogP contribution in [0.4, 0.5) is 0 Å². The molecule has 1 aliphatic heterocycles. The number of hydrogen-bond acceptors (Lipinski definition) is 2. The van der Waals surface area contributed by atoms with Crippen molar-refractivity contribution in [3.05, 3.63) is 25.0 Å².